The Morgan fingerprint density at radius 1 is 1.26 bits per heavy atom. The second-order valence-corrected chi connectivity index (χ2v) is 5.71. The maximum absolute atomic E-state index is 9.49. The molecule has 3 rings (SSSR count). The highest BCUT2D eigenvalue weighted by atomic mass is 16.5. The number of aromatic hydroxyl groups is 1. The first kappa shape index (κ1) is 12.9. The molecular formula is C16H23NO2. The van der Waals surface area contributed by atoms with Gasteiger partial charge in [0.05, 0.1) is 6.10 Å². The van der Waals surface area contributed by atoms with Crippen LogP contribution in [0.1, 0.15) is 49.3 Å². The van der Waals surface area contributed by atoms with Crippen molar-refractivity contribution in [1.29, 1.82) is 0 Å². The first-order chi connectivity index (χ1) is 9.33. The van der Waals surface area contributed by atoms with E-state index in [2.05, 4.69) is 11.4 Å². The smallest absolute Gasteiger partial charge is 0.115 e. The Hall–Kier alpha value is -1.06. The second kappa shape index (κ2) is 5.93. The predicted octanol–water partition coefficient (Wildman–Crippen LogP) is 2.93. The van der Waals surface area contributed by atoms with Gasteiger partial charge in [-0.25, -0.2) is 0 Å². The summed E-state index contributed by atoms with van der Waals surface area (Å²) in [7, 11) is 0. The summed E-state index contributed by atoms with van der Waals surface area (Å²) >= 11 is 0. The molecule has 0 saturated carbocycles. The lowest BCUT2D eigenvalue weighted by Crippen LogP contribution is -2.27. The summed E-state index contributed by atoms with van der Waals surface area (Å²) in [4.78, 5) is 0. The Morgan fingerprint density at radius 2 is 2.21 bits per heavy atom. The molecule has 0 spiro atoms. The standard InChI is InChI=1S/C16H23NO2/c18-13-5-6-15-12(11-13)4-7-16(15)17-9-8-14-3-1-2-10-19-14/h5-6,11,14,16-18H,1-4,7-10H2. The maximum Gasteiger partial charge on any atom is 0.115 e. The van der Waals surface area contributed by atoms with E-state index in [-0.39, 0.29) is 0 Å². The van der Waals surface area contributed by atoms with Crippen LogP contribution in [-0.4, -0.2) is 24.4 Å². The van der Waals surface area contributed by atoms with Crippen molar-refractivity contribution in [3.05, 3.63) is 29.3 Å². The van der Waals surface area contributed by atoms with Crippen LogP contribution in [-0.2, 0) is 11.2 Å². The van der Waals surface area contributed by atoms with Gasteiger partial charge >= 0.3 is 0 Å². The minimum atomic E-state index is 0.384. The van der Waals surface area contributed by atoms with Gasteiger partial charge in [-0.3, -0.25) is 0 Å². The van der Waals surface area contributed by atoms with Crippen LogP contribution >= 0.6 is 0 Å². The molecule has 1 heterocycles. The van der Waals surface area contributed by atoms with Crippen molar-refractivity contribution in [3.8, 4) is 5.75 Å². The fourth-order valence-electron chi connectivity index (χ4n) is 3.27. The summed E-state index contributed by atoms with van der Waals surface area (Å²) in [6.07, 6.45) is 7.55. The van der Waals surface area contributed by atoms with Crippen molar-refractivity contribution < 1.29 is 9.84 Å². The zero-order valence-electron chi connectivity index (χ0n) is 11.4. The van der Waals surface area contributed by atoms with Crippen molar-refractivity contribution in [2.24, 2.45) is 0 Å². The van der Waals surface area contributed by atoms with Crippen LogP contribution in [0, 0.1) is 0 Å². The van der Waals surface area contributed by atoms with E-state index < -0.39 is 0 Å². The number of fused-ring (bicyclic) bond motifs is 1. The second-order valence-electron chi connectivity index (χ2n) is 5.71. The molecule has 1 aromatic rings. The van der Waals surface area contributed by atoms with Crippen molar-refractivity contribution in [1.82, 2.24) is 5.32 Å². The van der Waals surface area contributed by atoms with Gasteiger partial charge in [0, 0.05) is 12.6 Å². The number of ether oxygens (including phenoxy) is 1. The van der Waals surface area contributed by atoms with Crippen molar-refractivity contribution in [3.63, 3.8) is 0 Å². The van der Waals surface area contributed by atoms with Crippen LogP contribution in [0.5, 0.6) is 5.75 Å². The zero-order valence-corrected chi connectivity index (χ0v) is 11.4. The third-order valence-corrected chi connectivity index (χ3v) is 4.34. The van der Waals surface area contributed by atoms with Gasteiger partial charge in [0.2, 0.25) is 0 Å². The summed E-state index contributed by atoms with van der Waals surface area (Å²) in [5.74, 6) is 0.384. The van der Waals surface area contributed by atoms with E-state index in [1.165, 1.54) is 30.4 Å². The van der Waals surface area contributed by atoms with Crippen LogP contribution in [0.3, 0.4) is 0 Å². The summed E-state index contributed by atoms with van der Waals surface area (Å²) in [6.45, 7) is 1.96. The molecular weight excluding hydrogens is 238 g/mol. The molecule has 0 bridgehead atoms. The monoisotopic (exact) mass is 261 g/mol. The van der Waals surface area contributed by atoms with Gasteiger partial charge in [-0.1, -0.05) is 6.07 Å². The number of aryl methyl sites for hydroxylation is 1. The van der Waals surface area contributed by atoms with Gasteiger partial charge in [0.25, 0.3) is 0 Å². The normalized spacial score (nSPS) is 26.3. The Morgan fingerprint density at radius 3 is 3.05 bits per heavy atom. The molecule has 1 saturated heterocycles. The van der Waals surface area contributed by atoms with E-state index in [1.54, 1.807) is 6.07 Å². The minimum Gasteiger partial charge on any atom is -0.508 e. The molecule has 3 heteroatoms. The van der Waals surface area contributed by atoms with Crippen LogP contribution in [0.15, 0.2) is 18.2 Å². The molecule has 2 unspecified atom stereocenters. The fourth-order valence-corrected chi connectivity index (χ4v) is 3.27. The van der Waals surface area contributed by atoms with Crippen molar-refractivity contribution in [2.45, 2.75) is 50.7 Å². The molecule has 19 heavy (non-hydrogen) atoms. The van der Waals surface area contributed by atoms with Crippen LogP contribution in [0.4, 0.5) is 0 Å². The van der Waals surface area contributed by atoms with Gasteiger partial charge in [-0.15, -0.1) is 0 Å². The molecule has 2 N–H and O–H groups in total. The van der Waals surface area contributed by atoms with E-state index in [4.69, 9.17) is 4.74 Å². The molecule has 1 aliphatic carbocycles. The zero-order chi connectivity index (χ0) is 13.1. The fraction of sp³-hybridized carbons (Fsp3) is 0.625. The van der Waals surface area contributed by atoms with Crippen LogP contribution < -0.4 is 5.32 Å². The number of phenols is 1. The number of rotatable bonds is 4. The van der Waals surface area contributed by atoms with Gasteiger partial charge in [0.15, 0.2) is 0 Å². The highest BCUT2D eigenvalue weighted by Gasteiger charge is 2.22. The molecule has 2 atom stereocenters. The highest BCUT2D eigenvalue weighted by Crippen LogP contribution is 2.33. The quantitative estimate of drug-likeness (QED) is 0.875. The van der Waals surface area contributed by atoms with E-state index in [9.17, 15) is 5.11 Å². The summed E-state index contributed by atoms with van der Waals surface area (Å²) in [5, 5.41) is 13.1. The number of hydrogen-bond donors (Lipinski definition) is 2. The van der Waals surface area contributed by atoms with E-state index in [1.807, 2.05) is 6.07 Å². The lowest BCUT2D eigenvalue weighted by atomic mass is 10.1. The predicted molar refractivity (Wildman–Crippen MR) is 75.4 cm³/mol. The summed E-state index contributed by atoms with van der Waals surface area (Å²) in [5.41, 5.74) is 2.66. The van der Waals surface area contributed by atoms with E-state index in [0.717, 1.165) is 32.4 Å². The Labute approximate surface area is 115 Å². The molecule has 3 nitrogen and oxygen atoms in total. The Kier molecular flexibility index (Phi) is 4.04. The lowest BCUT2D eigenvalue weighted by molar-refractivity contribution is 0.0112. The molecule has 1 aromatic carbocycles. The maximum atomic E-state index is 9.49. The van der Waals surface area contributed by atoms with Gasteiger partial charge in [-0.05, 0) is 68.3 Å². The van der Waals surface area contributed by atoms with Gasteiger partial charge in [0.1, 0.15) is 5.75 Å². The minimum absolute atomic E-state index is 0.384. The average molecular weight is 261 g/mol. The van der Waals surface area contributed by atoms with Gasteiger partial charge in [-0.2, -0.15) is 0 Å². The van der Waals surface area contributed by atoms with E-state index in [0.29, 0.717) is 17.9 Å². The van der Waals surface area contributed by atoms with Crippen molar-refractivity contribution >= 4 is 0 Å². The van der Waals surface area contributed by atoms with Crippen LogP contribution in [0.25, 0.3) is 0 Å². The highest BCUT2D eigenvalue weighted by molar-refractivity contribution is 5.39. The van der Waals surface area contributed by atoms with Crippen molar-refractivity contribution in [2.75, 3.05) is 13.2 Å². The average Bonchev–Trinajstić information content (AvgIpc) is 2.82. The SMILES string of the molecule is Oc1ccc2c(c1)CCC2NCCC1CCCCO1. The lowest BCUT2D eigenvalue weighted by Gasteiger charge is -2.23. The Bertz CT molecular complexity index is 427. The first-order valence-corrected chi connectivity index (χ1v) is 7.50. The third-order valence-electron chi connectivity index (χ3n) is 4.34. The molecule has 0 aromatic heterocycles. The first-order valence-electron chi connectivity index (χ1n) is 7.50. The molecule has 104 valence electrons. The topological polar surface area (TPSA) is 41.5 Å². The van der Waals surface area contributed by atoms with E-state index >= 15 is 0 Å². The number of phenolic OH excluding ortho intramolecular Hbond substituents is 1. The molecule has 0 amide bonds. The molecule has 1 aliphatic heterocycles. The number of hydrogen-bond acceptors (Lipinski definition) is 3. The summed E-state index contributed by atoms with van der Waals surface area (Å²) in [6, 6.07) is 6.22. The number of nitrogens with one attached hydrogen (secondary N) is 1. The molecule has 0 radical (unpaired) electrons. The Balaban J connectivity index is 1.49. The largest absolute Gasteiger partial charge is 0.508 e. The molecule has 2 aliphatic rings. The summed E-state index contributed by atoms with van der Waals surface area (Å²) < 4.78 is 5.75. The van der Waals surface area contributed by atoms with Gasteiger partial charge < -0.3 is 15.2 Å². The number of benzene rings is 1. The van der Waals surface area contributed by atoms with Crippen LogP contribution in [0.2, 0.25) is 0 Å². The third kappa shape index (κ3) is 3.10. The molecule has 1 fully saturated rings.